The summed E-state index contributed by atoms with van der Waals surface area (Å²) in [7, 11) is 0. The van der Waals surface area contributed by atoms with Gasteiger partial charge in [0, 0.05) is 11.8 Å². The number of ether oxygens (including phenoxy) is 1. The number of aromatic nitrogens is 2. The second kappa shape index (κ2) is 4.69. The molecule has 0 aliphatic rings. The van der Waals surface area contributed by atoms with Gasteiger partial charge in [0.1, 0.15) is 18.2 Å². The van der Waals surface area contributed by atoms with Gasteiger partial charge in [-0.2, -0.15) is 0 Å². The highest BCUT2D eigenvalue weighted by molar-refractivity contribution is 5.51. The van der Waals surface area contributed by atoms with E-state index < -0.39 is 0 Å². The smallest absolute Gasteiger partial charge is 0.251 e. The molecule has 0 saturated carbocycles. The van der Waals surface area contributed by atoms with E-state index in [4.69, 9.17) is 10.5 Å². The minimum absolute atomic E-state index is 0.183. The first kappa shape index (κ1) is 11.2. The average molecular weight is 231 g/mol. The van der Waals surface area contributed by atoms with Crippen molar-refractivity contribution in [1.82, 2.24) is 9.97 Å². The molecular weight excluding hydrogens is 218 g/mol. The lowest BCUT2D eigenvalue weighted by Crippen LogP contribution is -2.13. The summed E-state index contributed by atoms with van der Waals surface area (Å²) in [4.78, 5) is 18.0. The first-order valence-corrected chi connectivity index (χ1v) is 5.19. The number of hydrogen-bond donors (Lipinski definition) is 2. The Balaban J connectivity index is 2.13. The van der Waals surface area contributed by atoms with E-state index in [2.05, 4.69) is 9.97 Å². The number of benzene rings is 1. The monoisotopic (exact) mass is 231 g/mol. The first-order valence-electron chi connectivity index (χ1n) is 5.19. The van der Waals surface area contributed by atoms with E-state index >= 15 is 0 Å². The minimum Gasteiger partial charge on any atom is -0.484 e. The molecule has 3 N–H and O–H groups in total. The van der Waals surface area contributed by atoms with Gasteiger partial charge in [0.2, 0.25) is 0 Å². The van der Waals surface area contributed by atoms with Crippen LogP contribution in [-0.2, 0) is 6.61 Å². The molecule has 0 fully saturated rings. The molecule has 0 radical (unpaired) electrons. The van der Waals surface area contributed by atoms with Crippen molar-refractivity contribution < 1.29 is 4.74 Å². The molecule has 5 nitrogen and oxygen atoms in total. The van der Waals surface area contributed by atoms with E-state index in [1.807, 2.05) is 12.1 Å². The topological polar surface area (TPSA) is 81.0 Å². The lowest BCUT2D eigenvalue weighted by atomic mass is 10.3. The zero-order valence-electron chi connectivity index (χ0n) is 9.43. The van der Waals surface area contributed by atoms with Gasteiger partial charge in [-0.3, -0.25) is 4.79 Å². The number of aromatic amines is 1. The Morgan fingerprint density at radius 3 is 2.88 bits per heavy atom. The number of nitrogens with one attached hydrogen (secondary N) is 1. The van der Waals surface area contributed by atoms with E-state index in [-0.39, 0.29) is 12.2 Å². The maximum Gasteiger partial charge on any atom is 0.251 e. The molecule has 17 heavy (non-hydrogen) atoms. The Morgan fingerprint density at radius 2 is 2.18 bits per heavy atom. The van der Waals surface area contributed by atoms with Crippen molar-refractivity contribution in [1.29, 1.82) is 0 Å². The number of nitrogens with two attached hydrogens (primary N) is 1. The first-order chi connectivity index (χ1) is 8.15. The van der Waals surface area contributed by atoms with Crippen LogP contribution in [-0.4, -0.2) is 9.97 Å². The van der Waals surface area contributed by atoms with E-state index in [1.165, 1.54) is 6.07 Å². The predicted octanol–water partition coefficient (Wildman–Crippen LogP) is 1.24. The van der Waals surface area contributed by atoms with Crippen LogP contribution < -0.4 is 16.0 Å². The minimum atomic E-state index is -0.183. The lowest BCUT2D eigenvalue weighted by molar-refractivity contribution is 0.296. The highest BCUT2D eigenvalue weighted by Crippen LogP contribution is 2.20. The van der Waals surface area contributed by atoms with Crippen LogP contribution in [0.3, 0.4) is 0 Å². The third-order valence-corrected chi connectivity index (χ3v) is 2.20. The highest BCUT2D eigenvalue weighted by atomic mass is 16.5. The van der Waals surface area contributed by atoms with Gasteiger partial charge in [0.05, 0.1) is 5.69 Å². The van der Waals surface area contributed by atoms with Crippen LogP contribution in [0.5, 0.6) is 5.75 Å². The number of hydrogen-bond acceptors (Lipinski definition) is 4. The van der Waals surface area contributed by atoms with Crippen molar-refractivity contribution >= 4 is 5.69 Å². The molecule has 1 aromatic heterocycles. The van der Waals surface area contributed by atoms with Gasteiger partial charge in [0.15, 0.2) is 0 Å². The molecule has 0 spiro atoms. The zero-order valence-corrected chi connectivity index (χ0v) is 9.43. The second-order valence-corrected chi connectivity index (χ2v) is 3.66. The van der Waals surface area contributed by atoms with Crippen molar-refractivity contribution in [3.05, 3.63) is 52.2 Å². The van der Waals surface area contributed by atoms with Gasteiger partial charge in [-0.25, -0.2) is 4.98 Å². The Kier molecular flexibility index (Phi) is 3.09. The normalized spacial score (nSPS) is 10.2. The molecule has 0 saturated heterocycles. The molecule has 0 bridgehead atoms. The van der Waals surface area contributed by atoms with E-state index in [0.29, 0.717) is 23.0 Å². The van der Waals surface area contributed by atoms with Crippen LogP contribution in [0.4, 0.5) is 5.69 Å². The second-order valence-electron chi connectivity index (χ2n) is 3.66. The van der Waals surface area contributed by atoms with Gasteiger partial charge in [-0.1, -0.05) is 12.1 Å². The van der Waals surface area contributed by atoms with Gasteiger partial charge < -0.3 is 15.5 Å². The lowest BCUT2D eigenvalue weighted by Gasteiger charge is -2.07. The van der Waals surface area contributed by atoms with E-state index in [9.17, 15) is 4.79 Å². The average Bonchev–Trinajstić information content (AvgIpc) is 2.27. The van der Waals surface area contributed by atoms with Crippen LogP contribution in [0.25, 0.3) is 0 Å². The van der Waals surface area contributed by atoms with Gasteiger partial charge >= 0.3 is 0 Å². The predicted molar refractivity (Wildman–Crippen MR) is 64.8 cm³/mol. The standard InChI is InChI=1S/C12H13N3O2/c1-8-6-12(16)15-11(14-8)7-17-10-5-3-2-4-9(10)13/h2-6H,7,13H2,1H3,(H,14,15,16). The van der Waals surface area contributed by atoms with Crippen molar-refractivity contribution in [2.24, 2.45) is 0 Å². The highest BCUT2D eigenvalue weighted by Gasteiger charge is 2.02. The number of nitrogen functional groups attached to an aromatic ring is 1. The van der Waals surface area contributed by atoms with Crippen LogP contribution in [0.15, 0.2) is 35.1 Å². The summed E-state index contributed by atoms with van der Waals surface area (Å²) < 4.78 is 5.48. The Morgan fingerprint density at radius 1 is 1.41 bits per heavy atom. The number of H-pyrrole nitrogens is 1. The summed E-state index contributed by atoms with van der Waals surface area (Å²) in [6.45, 7) is 1.95. The summed E-state index contributed by atoms with van der Waals surface area (Å²) in [5.74, 6) is 1.06. The Hall–Kier alpha value is -2.30. The molecule has 0 amide bonds. The number of aryl methyl sites for hydroxylation is 1. The summed E-state index contributed by atoms with van der Waals surface area (Å²) in [6.07, 6.45) is 0. The van der Waals surface area contributed by atoms with Crippen molar-refractivity contribution in [2.75, 3.05) is 5.73 Å². The maximum absolute atomic E-state index is 11.2. The maximum atomic E-state index is 11.2. The summed E-state index contributed by atoms with van der Waals surface area (Å²) in [5.41, 5.74) is 6.76. The van der Waals surface area contributed by atoms with E-state index in [0.717, 1.165) is 0 Å². The molecular formula is C12H13N3O2. The van der Waals surface area contributed by atoms with Gasteiger partial charge in [-0.15, -0.1) is 0 Å². The fraction of sp³-hybridized carbons (Fsp3) is 0.167. The van der Waals surface area contributed by atoms with Crippen molar-refractivity contribution in [3.63, 3.8) is 0 Å². The summed E-state index contributed by atoms with van der Waals surface area (Å²) in [6, 6.07) is 8.61. The van der Waals surface area contributed by atoms with Crippen molar-refractivity contribution in [2.45, 2.75) is 13.5 Å². The fourth-order valence-electron chi connectivity index (χ4n) is 1.47. The molecule has 5 heteroatoms. The van der Waals surface area contributed by atoms with E-state index in [1.54, 1.807) is 19.1 Å². The van der Waals surface area contributed by atoms with Crippen LogP contribution in [0.1, 0.15) is 11.5 Å². The number of anilines is 1. The van der Waals surface area contributed by atoms with Gasteiger partial charge in [0.25, 0.3) is 5.56 Å². The molecule has 0 aliphatic heterocycles. The molecule has 0 atom stereocenters. The molecule has 2 rings (SSSR count). The Labute approximate surface area is 98.3 Å². The molecule has 2 aromatic rings. The van der Waals surface area contributed by atoms with Crippen LogP contribution >= 0.6 is 0 Å². The summed E-state index contributed by atoms with van der Waals surface area (Å²) in [5, 5.41) is 0. The SMILES string of the molecule is Cc1cc(=O)[nH]c(COc2ccccc2N)n1. The van der Waals surface area contributed by atoms with Crippen LogP contribution in [0.2, 0.25) is 0 Å². The molecule has 0 unspecified atom stereocenters. The third kappa shape index (κ3) is 2.84. The van der Waals surface area contributed by atoms with Crippen LogP contribution in [0, 0.1) is 6.92 Å². The molecule has 1 aromatic carbocycles. The number of para-hydroxylation sites is 2. The largest absolute Gasteiger partial charge is 0.484 e. The molecule has 88 valence electrons. The molecule has 1 heterocycles. The summed E-state index contributed by atoms with van der Waals surface area (Å²) >= 11 is 0. The number of nitrogens with zero attached hydrogens (tertiary/aromatic N) is 1. The van der Waals surface area contributed by atoms with Crippen molar-refractivity contribution in [3.8, 4) is 5.75 Å². The third-order valence-electron chi connectivity index (χ3n) is 2.20. The fourth-order valence-corrected chi connectivity index (χ4v) is 1.47. The Bertz CT molecular complexity index is 578. The molecule has 0 aliphatic carbocycles. The number of rotatable bonds is 3. The quantitative estimate of drug-likeness (QED) is 0.779. The zero-order chi connectivity index (χ0) is 12.3. The van der Waals surface area contributed by atoms with Gasteiger partial charge in [-0.05, 0) is 19.1 Å².